The Balaban J connectivity index is 2.24. The Kier molecular flexibility index (Phi) is 3.27. The van der Waals surface area contributed by atoms with Crippen LogP contribution in [0.5, 0.6) is 0 Å². The SMILES string of the molecule is Cc1c(CN)cnn1Cc1cccc(Cl)c1. The van der Waals surface area contributed by atoms with Gasteiger partial charge in [-0.3, -0.25) is 4.68 Å². The Morgan fingerprint density at radius 1 is 1.44 bits per heavy atom. The summed E-state index contributed by atoms with van der Waals surface area (Å²) in [4.78, 5) is 0. The van der Waals surface area contributed by atoms with Gasteiger partial charge in [0.15, 0.2) is 0 Å². The zero-order chi connectivity index (χ0) is 11.5. The summed E-state index contributed by atoms with van der Waals surface area (Å²) in [5.74, 6) is 0. The maximum atomic E-state index is 5.93. The van der Waals surface area contributed by atoms with E-state index in [1.165, 1.54) is 0 Å². The molecular formula is C12H14ClN3. The molecule has 0 radical (unpaired) electrons. The van der Waals surface area contributed by atoms with E-state index in [2.05, 4.69) is 5.10 Å². The van der Waals surface area contributed by atoms with Crippen LogP contribution in [-0.4, -0.2) is 9.78 Å². The van der Waals surface area contributed by atoms with Gasteiger partial charge in [0.2, 0.25) is 0 Å². The molecule has 0 aliphatic heterocycles. The Bertz CT molecular complexity index is 491. The first-order valence-electron chi connectivity index (χ1n) is 5.16. The van der Waals surface area contributed by atoms with Gasteiger partial charge in [0.25, 0.3) is 0 Å². The van der Waals surface area contributed by atoms with Crippen molar-refractivity contribution in [2.24, 2.45) is 5.73 Å². The molecule has 4 heteroatoms. The molecule has 0 fully saturated rings. The van der Waals surface area contributed by atoms with Crippen molar-refractivity contribution in [3.63, 3.8) is 0 Å². The molecule has 3 nitrogen and oxygen atoms in total. The third kappa shape index (κ3) is 2.26. The monoisotopic (exact) mass is 235 g/mol. The van der Waals surface area contributed by atoms with Crippen LogP contribution in [0, 0.1) is 6.92 Å². The average Bonchev–Trinajstić information content (AvgIpc) is 2.60. The minimum atomic E-state index is 0.529. The zero-order valence-electron chi connectivity index (χ0n) is 9.15. The zero-order valence-corrected chi connectivity index (χ0v) is 9.91. The summed E-state index contributed by atoms with van der Waals surface area (Å²) in [5, 5.41) is 5.06. The first-order valence-corrected chi connectivity index (χ1v) is 5.54. The van der Waals surface area contributed by atoms with E-state index < -0.39 is 0 Å². The van der Waals surface area contributed by atoms with Crippen LogP contribution in [-0.2, 0) is 13.1 Å². The van der Waals surface area contributed by atoms with Crippen molar-refractivity contribution in [3.8, 4) is 0 Å². The molecule has 0 amide bonds. The summed E-state index contributed by atoms with van der Waals surface area (Å²) < 4.78 is 1.94. The minimum Gasteiger partial charge on any atom is -0.326 e. The highest BCUT2D eigenvalue weighted by atomic mass is 35.5. The molecule has 0 aliphatic rings. The second-order valence-corrected chi connectivity index (χ2v) is 4.18. The van der Waals surface area contributed by atoms with Crippen LogP contribution >= 0.6 is 11.6 Å². The fourth-order valence-corrected chi connectivity index (χ4v) is 1.87. The Morgan fingerprint density at radius 2 is 2.25 bits per heavy atom. The summed E-state index contributed by atoms with van der Waals surface area (Å²) in [6.07, 6.45) is 1.82. The van der Waals surface area contributed by atoms with Gasteiger partial charge in [0.05, 0.1) is 12.7 Å². The van der Waals surface area contributed by atoms with Crippen LogP contribution < -0.4 is 5.73 Å². The van der Waals surface area contributed by atoms with Crippen LogP contribution in [0.3, 0.4) is 0 Å². The fourth-order valence-electron chi connectivity index (χ4n) is 1.65. The van der Waals surface area contributed by atoms with E-state index >= 15 is 0 Å². The molecule has 0 bridgehead atoms. The van der Waals surface area contributed by atoms with Crippen LogP contribution in [0.2, 0.25) is 5.02 Å². The van der Waals surface area contributed by atoms with Crippen LogP contribution in [0.15, 0.2) is 30.5 Å². The maximum Gasteiger partial charge on any atom is 0.0663 e. The number of hydrogen-bond donors (Lipinski definition) is 1. The van der Waals surface area contributed by atoms with E-state index in [4.69, 9.17) is 17.3 Å². The van der Waals surface area contributed by atoms with Gasteiger partial charge in [-0.05, 0) is 24.6 Å². The number of aromatic nitrogens is 2. The summed E-state index contributed by atoms with van der Waals surface area (Å²) in [6.45, 7) is 3.29. The highest BCUT2D eigenvalue weighted by Gasteiger charge is 2.05. The third-order valence-electron chi connectivity index (χ3n) is 2.65. The summed E-state index contributed by atoms with van der Waals surface area (Å²) in [7, 11) is 0. The Labute approximate surface area is 99.8 Å². The molecule has 2 rings (SSSR count). The normalized spacial score (nSPS) is 10.7. The maximum absolute atomic E-state index is 5.93. The van der Waals surface area contributed by atoms with Crippen molar-refractivity contribution in [2.75, 3.05) is 0 Å². The van der Waals surface area contributed by atoms with Gasteiger partial charge in [-0.2, -0.15) is 5.10 Å². The number of benzene rings is 1. The molecule has 16 heavy (non-hydrogen) atoms. The predicted octanol–water partition coefficient (Wildman–Crippen LogP) is 2.35. The molecule has 1 heterocycles. The molecule has 2 aromatic rings. The van der Waals surface area contributed by atoms with Gasteiger partial charge in [-0.25, -0.2) is 0 Å². The van der Waals surface area contributed by atoms with E-state index in [1.807, 2.05) is 42.1 Å². The lowest BCUT2D eigenvalue weighted by Gasteiger charge is -2.05. The van der Waals surface area contributed by atoms with E-state index in [0.717, 1.165) is 28.4 Å². The number of halogens is 1. The quantitative estimate of drug-likeness (QED) is 0.888. The van der Waals surface area contributed by atoms with Crippen LogP contribution in [0.4, 0.5) is 0 Å². The van der Waals surface area contributed by atoms with E-state index in [-0.39, 0.29) is 0 Å². The van der Waals surface area contributed by atoms with Crippen LogP contribution in [0.25, 0.3) is 0 Å². The molecule has 84 valence electrons. The van der Waals surface area contributed by atoms with Crippen molar-refractivity contribution >= 4 is 11.6 Å². The second-order valence-electron chi connectivity index (χ2n) is 3.75. The van der Waals surface area contributed by atoms with E-state index in [1.54, 1.807) is 0 Å². The molecule has 0 aliphatic carbocycles. The molecule has 0 spiro atoms. The lowest BCUT2D eigenvalue weighted by atomic mass is 10.2. The van der Waals surface area contributed by atoms with Crippen molar-refractivity contribution in [2.45, 2.75) is 20.0 Å². The summed E-state index contributed by atoms with van der Waals surface area (Å²) in [5.41, 5.74) is 8.95. The minimum absolute atomic E-state index is 0.529. The molecule has 2 N–H and O–H groups in total. The van der Waals surface area contributed by atoms with Crippen molar-refractivity contribution in [1.82, 2.24) is 9.78 Å². The van der Waals surface area contributed by atoms with E-state index in [0.29, 0.717) is 6.54 Å². The van der Waals surface area contributed by atoms with Gasteiger partial charge >= 0.3 is 0 Å². The smallest absolute Gasteiger partial charge is 0.0663 e. The van der Waals surface area contributed by atoms with Gasteiger partial charge in [-0.1, -0.05) is 23.7 Å². The highest BCUT2D eigenvalue weighted by molar-refractivity contribution is 6.30. The highest BCUT2D eigenvalue weighted by Crippen LogP contribution is 2.13. The lowest BCUT2D eigenvalue weighted by Crippen LogP contribution is -2.05. The molecule has 0 saturated carbocycles. The molecular weight excluding hydrogens is 222 g/mol. The summed E-state index contributed by atoms with van der Waals surface area (Å²) in [6, 6.07) is 7.80. The first kappa shape index (κ1) is 11.2. The molecule has 0 saturated heterocycles. The topological polar surface area (TPSA) is 43.8 Å². The standard InChI is InChI=1S/C12H14ClN3/c1-9-11(6-14)7-15-16(9)8-10-3-2-4-12(13)5-10/h2-5,7H,6,8,14H2,1H3. The lowest BCUT2D eigenvalue weighted by molar-refractivity contribution is 0.663. The summed E-state index contributed by atoms with van der Waals surface area (Å²) >= 11 is 5.93. The fraction of sp³-hybridized carbons (Fsp3) is 0.250. The predicted molar refractivity (Wildman–Crippen MR) is 65.4 cm³/mol. The number of hydrogen-bond acceptors (Lipinski definition) is 2. The molecule has 0 unspecified atom stereocenters. The number of nitrogens with zero attached hydrogens (tertiary/aromatic N) is 2. The van der Waals surface area contributed by atoms with Crippen molar-refractivity contribution in [1.29, 1.82) is 0 Å². The van der Waals surface area contributed by atoms with Crippen molar-refractivity contribution in [3.05, 3.63) is 52.3 Å². The first-order chi connectivity index (χ1) is 7.70. The second kappa shape index (κ2) is 4.68. The number of rotatable bonds is 3. The Hall–Kier alpha value is -1.32. The number of nitrogens with two attached hydrogens (primary N) is 1. The van der Waals surface area contributed by atoms with Gasteiger partial charge in [0, 0.05) is 22.8 Å². The van der Waals surface area contributed by atoms with Gasteiger partial charge in [0.1, 0.15) is 0 Å². The third-order valence-corrected chi connectivity index (χ3v) is 2.88. The van der Waals surface area contributed by atoms with Gasteiger partial charge in [-0.15, -0.1) is 0 Å². The van der Waals surface area contributed by atoms with Crippen molar-refractivity contribution < 1.29 is 0 Å². The Morgan fingerprint density at radius 3 is 2.88 bits per heavy atom. The molecule has 0 atom stereocenters. The van der Waals surface area contributed by atoms with E-state index in [9.17, 15) is 0 Å². The largest absolute Gasteiger partial charge is 0.326 e. The molecule has 1 aromatic carbocycles. The average molecular weight is 236 g/mol. The van der Waals surface area contributed by atoms with Gasteiger partial charge < -0.3 is 5.73 Å². The molecule has 1 aromatic heterocycles. The van der Waals surface area contributed by atoms with Crippen LogP contribution in [0.1, 0.15) is 16.8 Å².